The number of carboxylic acids is 1. The number of aliphatic carboxylic acids is 1. The summed E-state index contributed by atoms with van der Waals surface area (Å²) in [5.74, 6) is 0.885. The number of nitrogens with zero attached hydrogens (tertiary/aromatic N) is 3. The number of nitrogens with two attached hydrogens (primary N) is 1. The summed E-state index contributed by atoms with van der Waals surface area (Å²) in [4.78, 5) is 25.1. The molecule has 0 unspecified atom stereocenters. The number of nitrogens with one attached hydrogen (secondary N) is 2. The van der Waals surface area contributed by atoms with Gasteiger partial charge in [-0.25, -0.2) is 4.98 Å². The largest absolute Gasteiger partial charge is 0.497 e. The predicted octanol–water partition coefficient (Wildman–Crippen LogP) is 3.98. The Balaban J connectivity index is 0.000000567. The van der Waals surface area contributed by atoms with E-state index in [-0.39, 0.29) is 5.95 Å². The van der Waals surface area contributed by atoms with Gasteiger partial charge < -0.3 is 25.9 Å². The number of benzene rings is 2. The van der Waals surface area contributed by atoms with Crippen LogP contribution in [0.3, 0.4) is 0 Å². The number of H-pyrrole nitrogens is 1. The standard InChI is InChI=1S/C21H18N6O.C2H4O2/c1-28-15-2-3-18-12(7-15)8-19(26-18)16-9-14(6-13-10-23-11-17(13)16)25-20-4-5-24-21(22)27-20;1-2(3)4/h2-10,26H,11H2,1H3,(H3,22,24,25,27);1H3,(H,3,4). The Morgan fingerprint density at radius 3 is 2.78 bits per heavy atom. The third-order valence-electron chi connectivity index (χ3n) is 4.83. The average Bonchev–Trinajstić information content (AvgIpc) is 3.39. The first kappa shape index (κ1) is 20.9. The fourth-order valence-corrected chi connectivity index (χ4v) is 3.51. The highest BCUT2D eigenvalue weighted by molar-refractivity contribution is 5.94. The van der Waals surface area contributed by atoms with E-state index in [1.807, 2.05) is 24.4 Å². The summed E-state index contributed by atoms with van der Waals surface area (Å²) in [5.41, 5.74) is 12.1. The monoisotopic (exact) mass is 430 g/mol. The topological polar surface area (TPSA) is 139 Å². The molecule has 5 rings (SSSR count). The first-order valence-corrected chi connectivity index (χ1v) is 9.82. The van der Waals surface area contributed by atoms with Crippen molar-refractivity contribution in [3.05, 3.63) is 59.8 Å². The van der Waals surface area contributed by atoms with Gasteiger partial charge in [-0.2, -0.15) is 4.98 Å². The Kier molecular flexibility index (Phi) is 5.71. The first-order chi connectivity index (χ1) is 15.4. The van der Waals surface area contributed by atoms with E-state index in [1.165, 1.54) is 5.56 Å². The van der Waals surface area contributed by atoms with Gasteiger partial charge in [0, 0.05) is 52.7 Å². The Morgan fingerprint density at radius 1 is 1.22 bits per heavy atom. The number of carboxylic acid groups (broad SMARTS) is 1. The molecule has 1 aliphatic rings. The van der Waals surface area contributed by atoms with Gasteiger partial charge in [0.1, 0.15) is 11.6 Å². The summed E-state index contributed by atoms with van der Waals surface area (Å²) in [6.07, 6.45) is 3.54. The van der Waals surface area contributed by atoms with E-state index >= 15 is 0 Å². The van der Waals surface area contributed by atoms with Crippen LogP contribution in [0.4, 0.5) is 17.5 Å². The predicted molar refractivity (Wildman–Crippen MR) is 125 cm³/mol. The number of hydrogen-bond acceptors (Lipinski definition) is 7. The van der Waals surface area contributed by atoms with Crippen LogP contribution in [0.2, 0.25) is 0 Å². The number of ether oxygens (including phenoxy) is 1. The summed E-state index contributed by atoms with van der Waals surface area (Å²) in [7, 11) is 1.67. The number of aliphatic imine (C=N–C) groups is 1. The number of anilines is 3. The Morgan fingerprint density at radius 2 is 2.03 bits per heavy atom. The maximum absolute atomic E-state index is 9.00. The van der Waals surface area contributed by atoms with Gasteiger partial charge in [0.25, 0.3) is 5.97 Å². The Bertz CT molecular complexity index is 1320. The third-order valence-corrected chi connectivity index (χ3v) is 4.83. The summed E-state index contributed by atoms with van der Waals surface area (Å²) in [6, 6.07) is 14.1. The number of hydrogen-bond donors (Lipinski definition) is 4. The van der Waals surface area contributed by atoms with Crippen LogP contribution >= 0.6 is 0 Å². The minimum Gasteiger partial charge on any atom is -0.497 e. The molecule has 1 aliphatic heterocycles. The molecule has 32 heavy (non-hydrogen) atoms. The molecule has 0 saturated carbocycles. The van der Waals surface area contributed by atoms with Crippen LogP contribution in [0.25, 0.3) is 22.2 Å². The molecule has 162 valence electrons. The minimum absolute atomic E-state index is 0.234. The van der Waals surface area contributed by atoms with Gasteiger partial charge in [-0.3, -0.25) is 9.79 Å². The van der Waals surface area contributed by atoms with E-state index in [2.05, 4.69) is 43.5 Å². The third kappa shape index (κ3) is 4.51. The molecule has 4 aromatic rings. The molecule has 9 heteroatoms. The lowest BCUT2D eigenvalue weighted by molar-refractivity contribution is -0.134. The number of fused-ring (bicyclic) bond motifs is 2. The second kappa shape index (κ2) is 8.76. The van der Waals surface area contributed by atoms with Gasteiger partial charge in [-0.05, 0) is 48.0 Å². The van der Waals surface area contributed by atoms with E-state index in [0.717, 1.165) is 46.1 Å². The maximum Gasteiger partial charge on any atom is 0.300 e. The zero-order chi connectivity index (χ0) is 22.7. The molecule has 5 N–H and O–H groups in total. The van der Waals surface area contributed by atoms with E-state index in [9.17, 15) is 0 Å². The van der Waals surface area contributed by atoms with E-state index in [0.29, 0.717) is 12.4 Å². The number of aromatic amines is 1. The average molecular weight is 430 g/mol. The molecule has 0 aliphatic carbocycles. The number of nitrogen functional groups attached to an aromatic ring is 1. The number of aromatic nitrogens is 3. The van der Waals surface area contributed by atoms with Gasteiger partial charge >= 0.3 is 0 Å². The van der Waals surface area contributed by atoms with Gasteiger partial charge in [-0.1, -0.05) is 0 Å². The summed E-state index contributed by atoms with van der Waals surface area (Å²) in [6.45, 7) is 1.75. The molecule has 0 spiro atoms. The lowest BCUT2D eigenvalue weighted by Crippen LogP contribution is -2.00. The van der Waals surface area contributed by atoms with Crippen molar-refractivity contribution >= 4 is 40.5 Å². The summed E-state index contributed by atoms with van der Waals surface area (Å²) < 4.78 is 5.34. The van der Waals surface area contributed by atoms with Crippen LogP contribution in [0.15, 0.2) is 53.7 Å². The van der Waals surface area contributed by atoms with Crippen molar-refractivity contribution in [2.45, 2.75) is 13.5 Å². The molecule has 2 aromatic heterocycles. The van der Waals surface area contributed by atoms with Crippen molar-refractivity contribution in [1.29, 1.82) is 0 Å². The van der Waals surface area contributed by atoms with E-state index < -0.39 is 5.97 Å². The molecular formula is C23H22N6O3. The minimum atomic E-state index is -0.833. The van der Waals surface area contributed by atoms with Crippen molar-refractivity contribution < 1.29 is 14.6 Å². The Hall–Kier alpha value is -4.40. The van der Waals surface area contributed by atoms with Crippen molar-refractivity contribution in [3.63, 3.8) is 0 Å². The van der Waals surface area contributed by atoms with Crippen LogP contribution in [0.5, 0.6) is 5.75 Å². The number of rotatable bonds is 4. The molecule has 0 radical (unpaired) electrons. The molecular weight excluding hydrogens is 408 g/mol. The smallest absolute Gasteiger partial charge is 0.300 e. The second-order valence-electron chi connectivity index (χ2n) is 7.14. The van der Waals surface area contributed by atoms with Gasteiger partial charge in [0.2, 0.25) is 5.95 Å². The Labute approximate surface area is 184 Å². The van der Waals surface area contributed by atoms with Crippen LogP contribution in [-0.2, 0) is 11.3 Å². The fraction of sp³-hybridized carbons (Fsp3) is 0.130. The summed E-state index contributed by atoms with van der Waals surface area (Å²) in [5, 5.41) is 11.8. The SMILES string of the molecule is CC(=O)O.COc1ccc2[nH]c(-c3cc(Nc4ccnc(N)n4)cc4c3CN=C4)cc2c1. The molecule has 2 aromatic carbocycles. The normalized spacial score (nSPS) is 11.6. The highest BCUT2D eigenvalue weighted by Crippen LogP contribution is 2.35. The first-order valence-electron chi connectivity index (χ1n) is 9.82. The van der Waals surface area contributed by atoms with Crippen molar-refractivity contribution in [2.24, 2.45) is 4.99 Å². The van der Waals surface area contributed by atoms with Crippen molar-refractivity contribution in [1.82, 2.24) is 15.0 Å². The molecule has 0 saturated heterocycles. The van der Waals surface area contributed by atoms with Gasteiger partial charge in [0.15, 0.2) is 0 Å². The zero-order valence-electron chi connectivity index (χ0n) is 17.6. The quantitative estimate of drug-likeness (QED) is 0.384. The molecule has 0 atom stereocenters. The fourth-order valence-electron chi connectivity index (χ4n) is 3.51. The molecule has 0 amide bonds. The lowest BCUT2D eigenvalue weighted by Gasteiger charge is -2.12. The van der Waals surface area contributed by atoms with Crippen molar-refractivity contribution in [2.75, 3.05) is 18.2 Å². The molecule has 0 bridgehead atoms. The molecule has 0 fully saturated rings. The van der Waals surface area contributed by atoms with Crippen LogP contribution in [0.1, 0.15) is 18.1 Å². The zero-order valence-corrected chi connectivity index (χ0v) is 17.6. The number of methoxy groups -OCH3 is 1. The molecule has 9 nitrogen and oxygen atoms in total. The maximum atomic E-state index is 9.00. The van der Waals surface area contributed by atoms with Crippen LogP contribution < -0.4 is 15.8 Å². The highest BCUT2D eigenvalue weighted by atomic mass is 16.5. The summed E-state index contributed by atoms with van der Waals surface area (Å²) >= 11 is 0. The van der Waals surface area contributed by atoms with Gasteiger partial charge in [0.05, 0.1) is 13.7 Å². The molecule has 3 heterocycles. The van der Waals surface area contributed by atoms with Gasteiger partial charge in [-0.15, -0.1) is 0 Å². The number of carbonyl (C=O) groups is 1. The van der Waals surface area contributed by atoms with E-state index in [4.69, 9.17) is 20.4 Å². The highest BCUT2D eigenvalue weighted by Gasteiger charge is 2.17. The van der Waals surface area contributed by atoms with E-state index in [1.54, 1.807) is 19.4 Å². The van der Waals surface area contributed by atoms with Crippen molar-refractivity contribution in [3.8, 4) is 17.0 Å². The lowest BCUT2D eigenvalue weighted by atomic mass is 9.99. The van der Waals surface area contributed by atoms with Crippen LogP contribution in [0, 0.1) is 0 Å². The second-order valence-corrected chi connectivity index (χ2v) is 7.14. The van der Waals surface area contributed by atoms with Crippen LogP contribution in [-0.4, -0.2) is 39.4 Å².